The van der Waals surface area contributed by atoms with Gasteiger partial charge in [-0.15, -0.1) is 0 Å². The third kappa shape index (κ3) is 3.24. The third-order valence-electron chi connectivity index (χ3n) is 2.58. The second-order valence-corrected chi connectivity index (χ2v) is 5.05. The zero-order chi connectivity index (χ0) is 14.7. The first kappa shape index (κ1) is 14.3. The molecule has 20 heavy (non-hydrogen) atoms. The predicted molar refractivity (Wildman–Crippen MR) is 77.9 cm³/mol. The first-order chi connectivity index (χ1) is 9.47. The number of hydrogen-bond acceptors (Lipinski definition) is 3. The molecule has 0 saturated heterocycles. The number of amides is 1. The second-order valence-electron chi connectivity index (χ2n) is 4.61. The van der Waals surface area contributed by atoms with Crippen LogP contribution in [0.4, 0.5) is 0 Å². The van der Waals surface area contributed by atoms with Gasteiger partial charge in [0, 0.05) is 22.8 Å². The van der Waals surface area contributed by atoms with Crippen molar-refractivity contribution >= 4 is 17.5 Å². The molecule has 1 heterocycles. The van der Waals surface area contributed by atoms with Gasteiger partial charge in [-0.1, -0.05) is 11.6 Å². The minimum atomic E-state index is -0.469. The molecule has 0 saturated carbocycles. The summed E-state index contributed by atoms with van der Waals surface area (Å²) in [4.78, 5) is 30.4. The van der Waals surface area contributed by atoms with Crippen molar-refractivity contribution in [3.8, 4) is 11.4 Å². The lowest BCUT2D eigenvalue weighted by Gasteiger charge is -2.08. The zero-order valence-electron chi connectivity index (χ0n) is 11.1. The van der Waals surface area contributed by atoms with E-state index < -0.39 is 11.5 Å². The number of hydrogen-bond donors (Lipinski definition) is 2. The number of benzene rings is 1. The van der Waals surface area contributed by atoms with Gasteiger partial charge in [-0.2, -0.15) is 0 Å². The lowest BCUT2D eigenvalue weighted by atomic mass is 10.2. The molecule has 0 spiro atoms. The summed E-state index contributed by atoms with van der Waals surface area (Å²) >= 11 is 5.80. The Bertz CT molecular complexity index is 678. The standard InChI is InChI=1S/C14H14ClN3O2/c1-8(2)17-13(19)11-7-16-12(18-14(11)20)9-3-5-10(15)6-4-9/h3-8H,1-2H3,(H,17,19)(H,16,18,20). The Morgan fingerprint density at radius 2 is 1.95 bits per heavy atom. The smallest absolute Gasteiger partial charge is 0.264 e. The van der Waals surface area contributed by atoms with Crippen LogP contribution in [0.1, 0.15) is 24.2 Å². The van der Waals surface area contributed by atoms with Crippen molar-refractivity contribution in [1.82, 2.24) is 15.3 Å². The van der Waals surface area contributed by atoms with Gasteiger partial charge in [-0.25, -0.2) is 4.98 Å². The van der Waals surface area contributed by atoms with Crippen LogP contribution in [0.5, 0.6) is 0 Å². The van der Waals surface area contributed by atoms with Crippen LogP contribution in [0.15, 0.2) is 35.3 Å². The van der Waals surface area contributed by atoms with E-state index >= 15 is 0 Å². The number of H-pyrrole nitrogens is 1. The number of halogens is 1. The lowest BCUT2D eigenvalue weighted by molar-refractivity contribution is 0.0941. The van der Waals surface area contributed by atoms with Crippen LogP contribution in [0.3, 0.4) is 0 Å². The number of aromatic nitrogens is 2. The monoisotopic (exact) mass is 291 g/mol. The highest BCUT2D eigenvalue weighted by atomic mass is 35.5. The average molecular weight is 292 g/mol. The molecule has 6 heteroatoms. The van der Waals surface area contributed by atoms with Gasteiger partial charge in [0.15, 0.2) is 0 Å². The number of carbonyl (C=O) groups excluding carboxylic acids is 1. The number of carbonyl (C=O) groups is 1. The van der Waals surface area contributed by atoms with E-state index in [0.717, 1.165) is 5.56 Å². The number of nitrogens with zero attached hydrogens (tertiary/aromatic N) is 1. The van der Waals surface area contributed by atoms with E-state index in [-0.39, 0.29) is 11.6 Å². The van der Waals surface area contributed by atoms with Crippen molar-refractivity contribution in [3.05, 3.63) is 51.4 Å². The number of rotatable bonds is 3. The first-order valence-corrected chi connectivity index (χ1v) is 6.51. The molecule has 0 bridgehead atoms. The summed E-state index contributed by atoms with van der Waals surface area (Å²) in [5.41, 5.74) is 0.252. The van der Waals surface area contributed by atoms with Crippen LogP contribution in [-0.2, 0) is 0 Å². The molecule has 0 radical (unpaired) electrons. The van der Waals surface area contributed by atoms with Crippen molar-refractivity contribution in [3.63, 3.8) is 0 Å². The maximum atomic E-state index is 11.9. The average Bonchev–Trinajstić information content (AvgIpc) is 2.38. The second kappa shape index (κ2) is 5.88. The predicted octanol–water partition coefficient (Wildman–Crippen LogP) is 2.23. The maximum Gasteiger partial charge on any atom is 0.264 e. The largest absolute Gasteiger partial charge is 0.350 e. The van der Waals surface area contributed by atoms with Crippen LogP contribution in [0.25, 0.3) is 11.4 Å². The molecule has 104 valence electrons. The topological polar surface area (TPSA) is 74.8 Å². The normalized spacial score (nSPS) is 10.6. The van der Waals surface area contributed by atoms with Crippen molar-refractivity contribution < 1.29 is 4.79 Å². The van der Waals surface area contributed by atoms with E-state index in [4.69, 9.17) is 11.6 Å². The van der Waals surface area contributed by atoms with Gasteiger partial charge in [0.05, 0.1) is 0 Å². The quantitative estimate of drug-likeness (QED) is 0.910. The molecular weight excluding hydrogens is 278 g/mol. The van der Waals surface area contributed by atoms with Crippen molar-refractivity contribution in [2.75, 3.05) is 0 Å². The summed E-state index contributed by atoms with van der Waals surface area (Å²) in [7, 11) is 0. The van der Waals surface area contributed by atoms with Crippen LogP contribution in [0.2, 0.25) is 5.02 Å². The lowest BCUT2D eigenvalue weighted by Crippen LogP contribution is -2.34. The van der Waals surface area contributed by atoms with Gasteiger partial charge in [0.25, 0.3) is 11.5 Å². The molecule has 2 N–H and O–H groups in total. The molecule has 1 aromatic carbocycles. The van der Waals surface area contributed by atoms with Crippen LogP contribution in [0, 0.1) is 0 Å². The molecule has 1 amide bonds. The summed E-state index contributed by atoms with van der Waals surface area (Å²) in [6.07, 6.45) is 1.28. The van der Waals surface area contributed by atoms with Crippen molar-refractivity contribution in [2.24, 2.45) is 0 Å². The summed E-state index contributed by atoms with van der Waals surface area (Å²) < 4.78 is 0. The van der Waals surface area contributed by atoms with Crippen molar-refractivity contribution in [2.45, 2.75) is 19.9 Å². The number of aromatic amines is 1. The molecule has 0 aliphatic rings. The SMILES string of the molecule is CC(C)NC(=O)c1cnc(-c2ccc(Cl)cc2)[nH]c1=O. The number of nitrogens with one attached hydrogen (secondary N) is 2. The minimum Gasteiger partial charge on any atom is -0.350 e. The molecule has 0 fully saturated rings. The third-order valence-corrected chi connectivity index (χ3v) is 2.83. The molecule has 0 aliphatic heterocycles. The highest BCUT2D eigenvalue weighted by Gasteiger charge is 2.13. The molecule has 5 nitrogen and oxygen atoms in total. The van der Waals surface area contributed by atoms with Gasteiger partial charge in [-0.3, -0.25) is 9.59 Å². The fourth-order valence-electron chi connectivity index (χ4n) is 1.65. The molecule has 0 atom stereocenters. The Morgan fingerprint density at radius 3 is 2.50 bits per heavy atom. The highest BCUT2D eigenvalue weighted by molar-refractivity contribution is 6.30. The Morgan fingerprint density at radius 1 is 1.30 bits per heavy atom. The van der Waals surface area contributed by atoms with Gasteiger partial charge in [-0.05, 0) is 38.1 Å². The molecule has 1 aromatic heterocycles. The Balaban J connectivity index is 2.32. The summed E-state index contributed by atoms with van der Waals surface area (Å²) in [5, 5.41) is 3.25. The molecule has 2 rings (SSSR count). The maximum absolute atomic E-state index is 11.9. The highest BCUT2D eigenvalue weighted by Crippen LogP contribution is 2.16. The van der Waals surface area contributed by atoms with Crippen LogP contribution < -0.4 is 10.9 Å². The van der Waals surface area contributed by atoms with E-state index in [9.17, 15) is 9.59 Å². The van der Waals surface area contributed by atoms with E-state index in [0.29, 0.717) is 10.8 Å². The fraction of sp³-hybridized carbons (Fsp3) is 0.214. The van der Waals surface area contributed by atoms with E-state index in [1.807, 2.05) is 13.8 Å². The summed E-state index contributed by atoms with van der Waals surface area (Å²) in [6.45, 7) is 3.64. The van der Waals surface area contributed by atoms with Gasteiger partial charge < -0.3 is 10.3 Å². The molecular formula is C14H14ClN3O2. The van der Waals surface area contributed by atoms with Gasteiger partial charge >= 0.3 is 0 Å². The Labute approximate surface area is 121 Å². The Hall–Kier alpha value is -2.14. The van der Waals surface area contributed by atoms with Crippen LogP contribution >= 0.6 is 11.6 Å². The van der Waals surface area contributed by atoms with E-state index in [1.54, 1.807) is 24.3 Å². The zero-order valence-corrected chi connectivity index (χ0v) is 11.9. The van der Waals surface area contributed by atoms with E-state index in [2.05, 4.69) is 15.3 Å². The van der Waals surface area contributed by atoms with Gasteiger partial charge in [0.2, 0.25) is 0 Å². The minimum absolute atomic E-state index is 0.00332. The summed E-state index contributed by atoms with van der Waals surface area (Å²) in [6, 6.07) is 6.85. The molecule has 0 aliphatic carbocycles. The molecule has 0 unspecified atom stereocenters. The van der Waals surface area contributed by atoms with Gasteiger partial charge in [0.1, 0.15) is 11.4 Å². The Kier molecular flexibility index (Phi) is 4.20. The first-order valence-electron chi connectivity index (χ1n) is 6.13. The van der Waals surface area contributed by atoms with Crippen LogP contribution in [-0.4, -0.2) is 21.9 Å². The fourth-order valence-corrected chi connectivity index (χ4v) is 1.78. The van der Waals surface area contributed by atoms with Crippen molar-refractivity contribution in [1.29, 1.82) is 0 Å². The summed E-state index contributed by atoms with van der Waals surface area (Å²) in [5.74, 6) is -0.0378. The molecule has 2 aromatic rings. The van der Waals surface area contributed by atoms with E-state index in [1.165, 1.54) is 6.20 Å².